The lowest BCUT2D eigenvalue weighted by molar-refractivity contribution is -0.128. The summed E-state index contributed by atoms with van der Waals surface area (Å²) in [5, 5.41) is 6.10. The van der Waals surface area contributed by atoms with Crippen molar-refractivity contribution in [2.45, 2.75) is 33.2 Å². The summed E-state index contributed by atoms with van der Waals surface area (Å²) in [4.78, 5) is 21.5. The molecule has 2 aliphatic heterocycles. The van der Waals surface area contributed by atoms with Crippen molar-refractivity contribution in [1.82, 2.24) is 20.4 Å². The van der Waals surface area contributed by atoms with Gasteiger partial charge in [0.05, 0.1) is 25.2 Å². The molecule has 0 aromatic heterocycles. The summed E-state index contributed by atoms with van der Waals surface area (Å²) in [5.41, 5.74) is -0.501. The lowest BCUT2D eigenvalue weighted by Gasteiger charge is -2.32. The third kappa shape index (κ3) is 6.25. The van der Waals surface area contributed by atoms with Crippen LogP contribution >= 0.6 is 24.0 Å². The predicted molar refractivity (Wildman–Crippen MR) is 112 cm³/mol. The maximum atomic E-state index is 12.0. The van der Waals surface area contributed by atoms with Gasteiger partial charge < -0.3 is 20.3 Å². The Morgan fingerprint density at radius 2 is 1.96 bits per heavy atom. The molecular weight excluding hydrogens is 433 g/mol. The summed E-state index contributed by atoms with van der Waals surface area (Å²) in [7, 11) is 1.67. The molecule has 1 atom stereocenters. The van der Waals surface area contributed by atoms with E-state index in [1.54, 1.807) is 7.05 Å². The normalized spacial score (nSPS) is 22.5. The van der Waals surface area contributed by atoms with Gasteiger partial charge in [0.25, 0.3) is 0 Å². The number of carbonyl (C=O) groups is 1. The van der Waals surface area contributed by atoms with Gasteiger partial charge in [-0.2, -0.15) is 0 Å². The summed E-state index contributed by atoms with van der Waals surface area (Å²) in [6, 6.07) is 0.574. The molecule has 0 bridgehead atoms. The number of nitrogens with one attached hydrogen (secondary N) is 2. The van der Waals surface area contributed by atoms with E-state index in [1.807, 2.05) is 13.8 Å². The molecule has 1 unspecified atom stereocenters. The van der Waals surface area contributed by atoms with Crippen LogP contribution in [-0.2, 0) is 9.53 Å². The number of halogens is 1. The first-order valence-electron chi connectivity index (χ1n) is 9.05. The Morgan fingerprint density at radius 1 is 1.28 bits per heavy atom. The molecule has 7 nitrogen and oxygen atoms in total. The molecule has 0 aromatic rings. The van der Waals surface area contributed by atoms with Crippen molar-refractivity contribution in [3.63, 3.8) is 0 Å². The maximum absolute atomic E-state index is 12.0. The van der Waals surface area contributed by atoms with Gasteiger partial charge in [0.15, 0.2) is 5.96 Å². The zero-order chi connectivity index (χ0) is 17.6. The van der Waals surface area contributed by atoms with Crippen LogP contribution in [0.5, 0.6) is 0 Å². The fraction of sp³-hybridized carbons (Fsp3) is 0.882. The van der Waals surface area contributed by atoms with Crippen molar-refractivity contribution >= 4 is 35.8 Å². The van der Waals surface area contributed by atoms with Gasteiger partial charge in [0.1, 0.15) is 0 Å². The van der Waals surface area contributed by atoms with Crippen LogP contribution in [-0.4, -0.2) is 87.2 Å². The van der Waals surface area contributed by atoms with E-state index in [-0.39, 0.29) is 29.9 Å². The zero-order valence-electron chi connectivity index (χ0n) is 16.0. The summed E-state index contributed by atoms with van der Waals surface area (Å²) in [6.45, 7) is 13.0. The molecule has 0 radical (unpaired) electrons. The minimum Gasteiger partial charge on any atom is -0.379 e. The Kier molecular flexibility index (Phi) is 9.44. The van der Waals surface area contributed by atoms with Crippen LogP contribution in [0.15, 0.2) is 4.99 Å². The van der Waals surface area contributed by atoms with E-state index in [0.717, 1.165) is 58.3 Å². The van der Waals surface area contributed by atoms with E-state index in [4.69, 9.17) is 9.73 Å². The number of guanidine groups is 1. The minimum absolute atomic E-state index is 0. The van der Waals surface area contributed by atoms with Crippen LogP contribution in [0.2, 0.25) is 0 Å². The molecule has 2 saturated heterocycles. The molecule has 2 aliphatic rings. The van der Waals surface area contributed by atoms with E-state index in [0.29, 0.717) is 12.6 Å². The van der Waals surface area contributed by atoms with Gasteiger partial charge in [-0.05, 0) is 27.2 Å². The SMILES string of the molecule is CCNC(=NCC(C)(C)C(=O)NC)N1CCC(N2CCOCC2)C1.I. The molecule has 0 aromatic carbocycles. The Balaban J connectivity index is 0.00000312. The van der Waals surface area contributed by atoms with Crippen molar-refractivity contribution in [2.75, 3.05) is 59.5 Å². The second-order valence-electron chi connectivity index (χ2n) is 7.17. The molecule has 2 rings (SSSR count). The van der Waals surface area contributed by atoms with Gasteiger partial charge >= 0.3 is 0 Å². The Bertz CT molecular complexity index is 452. The molecule has 0 spiro atoms. The summed E-state index contributed by atoms with van der Waals surface area (Å²) in [5.74, 6) is 0.944. The largest absolute Gasteiger partial charge is 0.379 e. The molecule has 1 amide bonds. The highest BCUT2D eigenvalue weighted by Gasteiger charge is 2.31. The summed E-state index contributed by atoms with van der Waals surface area (Å²) < 4.78 is 5.45. The van der Waals surface area contributed by atoms with E-state index in [9.17, 15) is 4.79 Å². The highest BCUT2D eigenvalue weighted by atomic mass is 127. The number of rotatable bonds is 5. The number of aliphatic imine (C=N–C) groups is 1. The van der Waals surface area contributed by atoms with Crippen LogP contribution in [0.25, 0.3) is 0 Å². The van der Waals surface area contributed by atoms with Crippen LogP contribution in [0.3, 0.4) is 0 Å². The Hall–Kier alpha value is -0.610. The fourth-order valence-electron chi connectivity index (χ4n) is 3.28. The molecular formula is C17H34IN5O2. The first-order chi connectivity index (χ1) is 11.5. The number of ether oxygens (including phenoxy) is 1. The van der Waals surface area contributed by atoms with E-state index in [1.165, 1.54) is 0 Å². The third-order valence-corrected chi connectivity index (χ3v) is 4.83. The number of nitrogens with zero attached hydrogens (tertiary/aromatic N) is 3. The number of morpholine rings is 1. The number of hydrogen-bond acceptors (Lipinski definition) is 4. The lowest BCUT2D eigenvalue weighted by Crippen LogP contribution is -2.47. The second kappa shape index (κ2) is 10.5. The summed E-state index contributed by atoms with van der Waals surface area (Å²) in [6.07, 6.45) is 1.16. The molecule has 0 saturated carbocycles. The molecule has 8 heteroatoms. The van der Waals surface area contributed by atoms with Crippen molar-refractivity contribution in [1.29, 1.82) is 0 Å². The van der Waals surface area contributed by atoms with Gasteiger partial charge in [-0.3, -0.25) is 14.7 Å². The topological polar surface area (TPSA) is 69.2 Å². The highest BCUT2D eigenvalue weighted by molar-refractivity contribution is 14.0. The van der Waals surface area contributed by atoms with E-state index >= 15 is 0 Å². The Morgan fingerprint density at radius 3 is 2.56 bits per heavy atom. The van der Waals surface area contributed by atoms with Gasteiger partial charge in [-0.25, -0.2) is 0 Å². The van der Waals surface area contributed by atoms with Crippen LogP contribution in [0, 0.1) is 5.41 Å². The number of likely N-dealkylation sites (tertiary alicyclic amines) is 1. The molecule has 146 valence electrons. The van der Waals surface area contributed by atoms with Crippen molar-refractivity contribution in [3.8, 4) is 0 Å². The van der Waals surface area contributed by atoms with Gasteiger partial charge in [0.2, 0.25) is 5.91 Å². The molecule has 2 N–H and O–H groups in total. The van der Waals surface area contributed by atoms with Crippen LogP contribution < -0.4 is 10.6 Å². The monoisotopic (exact) mass is 467 g/mol. The standard InChI is InChI=1S/C17H33N5O2.HI/c1-5-19-16(20-13-17(2,3)15(23)18-4)22-7-6-14(12-22)21-8-10-24-11-9-21;/h14H,5-13H2,1-4H3,(H,18,23)(H,19,20);1H. The lowest BCUT2D eigenvalue weighted by atomic mass is 9.93. The molecule has 0 aliphatic carbocycles. The van der Waals surface area contributed by atoms with Gasteiger partial charge in [-0.1, -0.05) is 0 Å². The highest BCUT2D eigenvalue weighted by Crippen LogP contribution is 2.19. The van der Waals surface area contributed by atoms with Crippen molar-refractivity contribution in [2.24, 2.45) is 10.4 Å². The first-order valence-corrected chi connectivity index (χ1v) is 9.05. The number of amides is 1. The smallest absolute Gasteiger partial charge is 0.227 e. The second-order valence-corrected chi connectivity index (χ2v) is 7.17. The van der Waals surface area contributed by atoms with E-state index < -0.39 is 5.41 Å². The van der Waals surface area contributed by atoms with E-state index in [2.05, 4.69) is 27.4 Å². The third-order valence-electron chi connectivity index (χ3n) is 4.83. The van der Waals surface area contributed by atoms with Crippen LogP contribution in [0.4, 0.5) is 0 Å². The average Bonchev–Trinajstić information content (AvgIpc) is 3.08. The predicted octanol–water partition coefficient (Wildman–Crippen LogP) is 0.749. The molecule has 2 fully saturated rings. The number of carbonyl (C=O) groups excluding carboxylic acids is 1. The van der Waals surface area contributed by atoms with Crippen LogP contribution in [0.1, 0.15) is 27.2 Å². The fourth-order valence-corrected chi connectivity index (χ4v) is 3.28. The van der Waals surface area contributed by atoms with Gasteiger partial charge in [0, 0.05) is 45.8 Å². The zero-order valence-corrected chi connectivity index (χ0v) is 18.3. The Labute approximate surface area is 169 Å². The molecule has 2 heterocycles. The summed E-state index contributed by atoms with van der Waals surface area (Å²) >= 11 is 0. The first kappa shape index (κ1) is 22.4. The van der Waals surface area contributed by atoms with Crippen molar-refractivity contribution < 1.29 is 9.53 Å². The minimum atomic E-state index is -0.501. The van der Waals surface area contributed by atoms with Gasteiger partial charge in [-0.15, -0.1) is 24.0 Å². The van der Waals surface area contributed by atoms with Crippen molar-refractivity contribution in [3.05, 3.63) is 0 Å². The molecule has 25 heavy (non-hydrogen) atoms. The number of hydrogen-bond donors (Lipinski definition) is 2. The average molecular weight is 467 g/mol. The maximum Gasteiger partial charge on any atom is 0.227 e. The quantitative estimate of drug-likeness (QED) is 0.355.